The molecule has 0 unspecified atom stereocenters. The normalized spacial score (nSPS) is 10.7. The van der Waals surface area contributed by atoms with Crippen LogP contribution in [0.15, 0.2) is 6.07 Å². The largest absolute Gasteiger partial charge is 0.294 e. The third-order valence-corrected chi connectivity index (χ3v) is 3.05. The molecule has 0 radical (unpaired) electrons. The SMILES string of the molecule is CC(=O)c1sc(C#CC(C)(C)C)cc1C. The molecule has 80 valence electrons. The second-order valence-electron chi connectivity index (χ2n) is 4.68. The minimum absolute atomic E-state index is 0.00822. The van der Waals surface area contributed by atoms with Gasteiger partial charge in [-0.3, -0.25) is 4.79 Å². The van der Waals surface area contributed by atoms with Crippen molar-refractivity contribution < 1.29 is 4.79 Å². The van der Waals surface area contributed by atoms with Crippen molar-refractivity contribution in [3.05, 3.63) is 21.4 Å². The Kier molecular flexibility index (Phi) is 3.36. The molecule has 15 heavy (non-hydrogen) atoms. The maximum atomic E-state index is 11.2. The van der Waals surface area contributed by atoms with Crippen molar-refractivity contribution >= 4 is 17.1 Å². The van der Waals surface area contributed by atoms with Crippen molar-refractivity contribution in [2.45, 2.75) is 34.6 Å². The average molecular weight is 220 g/mol. The van der Waals surface area contributed by atoms with Gasteiger partial charge in [0.1, 0.15) is 0 Å². The molecule has 1 aromatic heterocycles. The number of hydrogen-bond donors (Lipinski definition) is 0. The second-order valence-corrected chi connectivity index (χ2v) is 5.73. The number of thiophene rings is 1. The topological polar surface area (TPSA) is 17.1 Å². The molecule has 0 aromatic carbocycles. The van der Waals surface area contributed by atoms with Gasteiger partial charge in [-0.05, 0) is 46.2 Å². The van der Waals surface area contributed by atoms with Gasteiger partial charge in [-0.25, -0.2) is 0 Å². The van der Waals surface area contributed by atoms with Crippen LogP contribution in [0.1, 0.15) is 47.8 Å². The summed E-state index contributed by atoms with van der Waals surface area (Å²) in [5.74, 6) is 6.41. The third-order valence-electron chi connectivity index (χ3n) is 1.80. The van der Waals surface area contributed by atoms with Crippen molar-refractivity contribution in [1.29, 1.82) is 0 Å². The molecule has 0 saturated heterocycles. The summed E-state index contributed by atoms with van der Waals surface area (Å²) in [7, 11) is 0. The van der Waals surface area contributed by atoms with Crippen LogP contribution in [0.2, 0.25) is 0 Å². The van der Waals surface area contributed by atoms with E-state index in [1.54, 1.807) is 6.92 Å². The molecule has 0 N–H and O–H groups in total. The van der Waals surface area contributed by atoms with Gasteiger partial charge < -0.3 is 0 Å². The zero-order chi connectivity index (χ0) is 11.6. The molecule has 1 nitrogen and oxygen atoms in total. The van der Waals surface area contributed by atoms with Crippen LogP contribution in [-0.2, 0) is 0 Å². The van der Waals surface area contributed by atoms with Crippen molar-refractivity contribution in [3.8, 4) is 11.8 Å². The summed E-state index contributed by atoms with van der Waals surface area (Å²) in [6, 6.07) is 1.99. The standard InChI is InChI=1S/C13H16OS/c1-9-8-11(6-7-13(3,4)5)15-12(9)10(2)14/h8H,1-5H3. The molecular weight excluding hydrogens is 204 g/mol. The molecule has 1 aromatic rings. The highest BCUT2D eigenvalue weighted by molar-refractivity contribution is 7.14. The van der Waals surface area contributed by atoms with E-state index in [2.05, 4.69) is 32.6 Å². The van der Waals surface area contributed by atoms with Gasteiger partial charge in [-0.15, -0.1) is 11.3 Å². The number of hydrogen-bond acceptors (Lipinski definition) is 2. The van der Waals surface area contributed by atoms with Crippen LogP contribution in [0, 0.1) is 24.2 Å². The number of carbonyl (C=O) groups excluding carboxylic acids is 1. The highest BCUT2D eigenvalue weighted by atomic mass is 32.1. The number of carbonyl (C=O) groups is 1. The Bertz CT molecular complexity index is 435. The molecule has 0 fully saturated rings. The molecule has 2 heteroatoms. The fourth-order valence-corrected chi connectivity index (χ4v) is 2.06. The van der Waals surface area contributed by atoms with Crippen LogP contribution in [0.5, 0.6) is 0 Å². The monoisotopic (exact) mass is 220 g/mol. The molecule has 0 spiro atoms. The number of aryl methyl sites for hydroxylation is 1. The molecule has 0 aliphatic heterocycles. The number of rotatable bonds is 1. The summed E-state index contributed by atoms with van der Waals surface area (Å²) >= 11 is 1.49. The van der Waals surface area contributed by atoms with Gasteiger partial charge in [-0.1, -0.05) is 11.8 Å². The first-order chi connectivity index (χ1) is 6.79. The van der Waals surface area contributed by atoms with E-state index in [9.17, 15) is 4.79 Å². The van der Waals surface area contributed by atoms with Gasteiger partial charge in [0.15, 0.2) is 5.78 Å². The maximum absolute atomic E-state index is 11.2. The van der Waals surface area contributed by atoms with E-state index in [1.165, 1.54) is 11.3 Å². The average Bonchev–Trinajstić information content (AvgIpc) is 2.42. The zero-order valence-corrected chi connectivity index (χ0v) is 10.7. The van der Waals surface area contributed by atoms with Crippen LogP contribution in [-0.4, -0.2) is 5.78 Å². The Morgan fingerprint density at radius 3 is 2.40 bits per heavy atom. The van der Waals surface area contributed by atoms with Crippen molar-refractivity contribution in [2.24, 2.45) is 5.41 Å². The molecule has 1 rings (SSSR count). The quantitative estimate of drug-likeness (QED) is 0.521. The summed E-state index contributed by atoms with van der Waals surface area (Å²) in [4.78, 5) is 13.0. The minimum Gasteiger partial charge on any atom is -0.294 e. The zero-order valence-electron chi connectivity index (χ0n) is 9.89. The van der Waals surface area contributed by atoms with E-state index in [4.69, 9.17) is 0 Å². The summed E-state index contributed by atoms with van der Waals surface area (Å²) < 4.78 is 0. The van der Waals surface area contributed by atoms with Crippen molar-refractivity contribution in [1.82, 2.24) is 0 Å². The van der Waals surface area contributed by atoms with Crippen LogP contribution in [0.4, 0.5) is 0 Å². The van der Waals surface area contributed by atoms with E-state index in [0.29, 0.717) is 0 Å². The summed E-state index contributed by atoms with van der Waals surface area (Å²) in [6.45, 7) is 9.78. The lowest BCUT2D eigenvalue weighted by atomic mass is 9.98. The van der Waals surface area contributed by atoms with Gasteiger partial charge >= 0.3 is 0 Å². The first kappa shape index (κ1) is 12.0. The maximum Gasteiger partial charge on any atom is 0.170 e. The Hall–Kier alpha value is -1.07. The molecule has 0 saturated carbocycles. The van der Waals surface area contributed by atoms with Gasteiger partial charge in [0.05, 0.1) is 9.75 Å². The van der Waals surface area contributed by atoms with E-state index >= 15 is 0 Å². The van der Waals surface area contributed by atoms with Gasteiger partial charge in [0.2, 0.25) is 0 Å². The van der Waals surface area contributed by atoms with Crippen molar-refractivity contribution in [2.75, 3.05) is 0 Å². The van der Waals surface area contributed by atoms with Gasteiger partial charge in [0.25, 0.3) is 0 Å². The predicted octanol–water partition coefficient (Wildman–Crippen LogP) is 3.66. The Labute approximate surface area is 95.5 Å². The van der Waals surface area contributed by atoms with Gasteiger partial charge in [-0.2, -0.15) is 0 Å². The van der Waals surface area contributed by atoms with Gasteiger partial charge in [0, 0.05) is 5.41 Å². The highest BCUT2D eigenvalue weighted by Gasteiger charge is 2.09. The fourth-order valence-electron chi connectivity index (χ4n) is 1.14. The molecule has 0 aliphatic carbocycles. The number of ketones is 1. The fraction of sp³-hybridized carbons (Fsp3) is 0.462. The lowest BCUT2D eigenvalue weighted by Gasteiger charge is -2.06. The van der Waals surface area contributed by atoms with Crippen molar-refractivity contribution in [3.63, 3.8) is 0 Å². The van der Waals surface area contributed by atoms with E-state index < -0.39 is 0 Å². The molecule has 0 atom stereocenters. The van der Waals surface area contributed by atoms with E-state index in [0.717, 1.165) is 15.3 Å². The summed E-state index contributed by atoms with van der Waals surface area (Å²) in [5.41, 5.74) is 1.04. The lowest BCUT2D eigenvalue weighted by Crippen LogP contribution is -1.98. The summed E-state index contributed by atoms with van der Waals surface area (Å²) in [6.07, 6.45) is 0. The Balaban J connectivity index is 3.02. The second kappa shape index (κ2) is 4.20. The van der Waals surface area contributed by atoms with Crippen LogP contribution >= 0.6 is 11.3 Å². The first-order valence-corrected chi connectivity index (χ1v) is 5.76. The molecule has 0 aliphatic rings. The number of Topliss-reactive ketones (excluding diaryl/α,β-unsaturated/α-hetero) is 1. The third kappa shape index (κ3) is 3.53. The summed E-state index contributed by atoms with van der Waals surface area (Å²) in [5, 5.41) is 0. The minimum atomic E-state index is 0.00822. The highest BCUT2D eigenvalue weighted by Crippen LogP contribution is 2.22. The lowest BCUT2D eigenvalue weighted by molar-refractivity contribution is 0.102. The molecule has 0 bridgehead atoms. The van der Waals surface area contributed by atoms with Crippen LogP contribution in [0.3, 0.4) is 0 Å². The van der Waals surface area contributed by atoms with Crippen LogP contribution in [0.25, 0.3) is 0 Å². The smallest absolute Gasteiger partial charge is 0.170 e. The molecule has 1 heterocycles. The first-order valence-electron chi connectivity index (χ1n) is 4.94. The predicted molar refractivity (Wildman–Crippen MR) is 65.4 cm³/mol. The molecule has 0 amide bonds. The Morgan fingerprint density at radius 1 is 1.40 bits per heavy atom. The van der Waals surface area contributed by atoms with Crippen LogP contribution < -0.4 is 0 Å². The molecular formula is C13H16OS. The van der Waals surface area contributed by atoms with E-state index in [1.807, 2.05) is 13.0 Å². The Morgan fingerprint density at radius 2 is 2.00 bits per heavy atom. The van der Waals surface area contributed by atoms with E-state index in [-0.39, 0.29) is 11.2 Å².